The summed E-state index contributed by atoms with van der Waals surface area (Å²) < 4.78 is 10.3. The fraction of sp³-hybridized carbons (Fsp3) is 0.556. The highest BCUT2D eigenvalue weighted by molar-refractivity contribution is 6.33. The van der Waals surface area contributed by atoms with Gasteiger partial charge < -0.3 is 25.4 Å². The number of carbonyl (C=O) groups excluding carboxylic acids is 1. The molecule has 0 atom stereocenters. The summed E-state index contributed by atoms with van der Waals surface area (Å²) in [5.41, 5.74) is 1.11. The first-order valence-electron chi connectivity index (χ1n) is 12.9. The van der Waals surface area contributed by atoms with Crippen LogP contribution in [0, 0.1) is 22.7 Å². The summed E-state index contributed by atoms with van der Waals surface area (Å²) in [5.74, 6) is 1.88. The Kier molecular flexibility index (Phi) is 9.56. The maximum Gasteiger partial charge on any atom is 0.245 e. The number of nitriles is 1. The molecule has 0 aromatic carbocycles. The fourth-order valence-electron chi connectivity index (χ4n) is 4.91. The number of amides is 1. The third kappa shape index (κ3) is 7.54. The monoisotopic (exact) mass is 526 g/mol. The van der Waals surface area contributed by atoms with Gasteiger partial charge in [0.1, 0.15) is 18.2 Å². The number of carbonyl (C=O) groups is 1. The number of anilines is 2. The Hall–Kier alpha value is -2.93. The summed E-state index contributed by atoms with van der Waals surface area (Å²) >= 11 is 6.52. The Morgan fingerprint density at radius 1 is 1.24 bits per heavy atom. The molecule has 3 heterocycles. The van der Waals surface area contributed by atoms with Gasteiger partial charge in [-0.15, -0.1) is 0 Å². The summed E-state index contributed by atoms with van der Waals surface area (Å²) in [6, 6.07) is 10.5. The van der Waals surface area contributed by atoms with Gasteiger partial charge in [-0.05, 0) is 62.6 Å². The molecular formula is C27H35ClN6O3. The lowest BCUT2D eigenvalue weighted by Gasteiger charge is -2.30. The van der Waals surface area contributed by atoms with Crippen LogP contribution in [-0.2, 0) is 14.3 Å². The summed E-state index contributed by atoms with van der Waals surface area (Å²) in [6.07, 6.45) is 7.18. The molecule has 9 nitrogen and oxygen atoms in total. The van der Waals surface area contributed by atoms with E-state index in [2.05, 4.69) is 27.0 Å². The van der Waals surface area contributed by atoms with Gasteiger partial charge in [-0.1, -0.05) is 17.7 Å². The summed E-state index contributed by atoms with van der Waals surface area (Å²) in [5, 5.41) is 20.1. The van der Waals surface area contributed by atoms with Crippen molar-refractivity contribution in [2.24, 2.45) is 11.3 Å². The molecule has 1 aliphatic carbocycles. The van der Waals surface area contributed by atoms with Crippen molar-refractivity contribution in [2.75, 3.05) is 50.7 Å². The molecule has 10 heteroatoms. The molecule has 1 amide bonds. The van der Waals surface area contributed by atoms with Crippen molar-refractivity contribution in [3.8, 4) is 17.3 Å². The molecule has 198 valence electrons. The molecule has 2 aliphatic rings. The Labute approximate surface area is 223 Å². The van der Waals surface area contributed by atoms with Gasteiger partial charge >= 0.3 is 0 Å². The molecule has 1 saturated heterocycles. The minimum absolute atomic E-state index is 0.0679. The topological polar surface area (TPSA) is 121 Å². The highest BCUT2D eigenvalue weighted by Crippen LogP contribution is 2.32. The van der Waals surface area contributed by atoms with Gasteiger partial charge in [0.15, 0.2) is 0 Å². The van der Waals surface area contributed by atoms with E-state index in [9.17, 15) is 10.1 Å². The summed E-state index contributed by atoms with van der Waals surface area (Å²) in [6.45, 7) is 2.54. The van der Waals surface area contributed by atoms with Crippen molar-refractivity contribution in [1.82, 2.24) is 15.3 Å². The van der Waals surface area contributed by atoms with E-state index in [1.807, 2.05) is 24.3 Å². The van der Waals surface area contributed by atoms with E-state index in [4.69, 9.17) is 26.1 Å². The van der Waals surface area contributed by atoms with Crippen LogP contribution in [-0.4, -0.2) is 61.9 Å². The number of nitrogens with one attached hydrogen (secondary N) is 3. The molecule has 0 spiro atoms. The first kappa shape index (κ1) is 27.1. The molecule has 0 radical (unpaired) electrons. The highest BCUT2D eigenvalue weighted by Gasteiger charge is 2.32. The van der Waals surface area contributed by atoms with Gasteiger partial charge in [-0.25, -0.2) is 9.97 Å². The van der Waals surface area contributed by atoms with E-state index in [0.29, 0.717) is 61.9 Å². The predicted octanol–water partition coefficient (Wildman–Crippen LogP) is 4.26. The van der Waals surface area contributed by atoms with E-state index >= 15 is 0 Å². The quantitative estimate of drug-likeness (QED) is 0.420. The largest absolute Gasteiger partial charge is 0.381 e. The standard InChI is InChI=1S/C27H35ClN6O3/c1-36-16-26(35)31-14-19-5-7-20(8-6-19)33-25-13-21(22(28)15-30-25)23-3-2-4-24(34-23)32-18-27(17-29)9-11-37-12-10-27/h2-4,13,15,19-20H,5-12,14,16,18H2,1H3,(H,30,33)(H,31,35)(H,32,34)/t19-,20-. The zero-order valence-corrected chi connectivity index (χ0v) is 22.0. The molecule has 0 unspecified atom stereocenters. The lowest BCUT2D eigenvalue weighted by atomic mass is 9.82. The Morgan fingerprint density at radius 2 is 2.03 bits per heavy atom. The van der Waals surface area contributed by atoms with Crippen LogP contribution in [0.2, 0.25) is 5.02 Å². The number of methoxy groups -OCH3 is 1. The van der Waals surface area contributed by atoms with E-state index in [0.717, 1.165) is 42.8 Å². The molecule has 37 heavy (non-hydrogen) atoms. The normalized spacial score (nSPS) is 21.0. The number of ether oxygens (including phenoxy) is 2. The molecule has 3 N–H and O–H groups in total. The van der Waals surface area contributed by atoms with Crippen LogP contribution in [0.15, 0.2) is 30.5 Å². The van der Waals surface area contributed by atoms with E-state index in [1.54, 1.807) is 6.20 Å². The minimum atomic E-state index is -0.435. The molecule has 1 aliphatic heterocycles. The maximum atomic E-state index is 11.6. The second-order valence-electron chi connectivity index (χ2n) is 9.91. The summed E-state index contributed by atoms with van der Waals surface area (Å²) in [4.78, 5) is 20.9. The third-order valence-corrected chi connectivity index (χ3v) is 7.54. The van der Waals surface area contributed by atoms with Gasteiger partial charge in [0.05, 0.1) is 22.2 Å². The van der Waals surface area contributed by atoms with Crippen molar-refractivity contribution < 1.29 is 14.3 Å². The van der Waals surface area contributed by atoms with Gasteiger partial charge in [0.25, 0.3) is 0 Å². The zero-order chi connectivity index (χ0) is 26.1. The number of hydrogen-bond acceptors (Lipinski definition) is 8. The van der Waals surface area contributed by atoms with Gasteiger partial charge in [-0.3, -0.25) is 4.79 Å². The van der Waals surface area contributed by atoms with E-state index in [-0.39, 0.29) is 12.5 Å². The van der Waals surface area contributed by atoms with Gasteiger partial charge in [0.2, 0.25) is 5.91 Å². The van der Waals surface area contributed by atoms with Crippen LogP contribution < -0.4 is 16.0 Å². The second-order valence-corrected chi connectivity index (χ2v) is 10.3. The lowest BCUT2D eigenvalue weighted by Crippen LogP contribution is -2.35. The summed E-state index contributed by atoms with van der Waals surface area (Å²) in [7, 11) is 1.52. The Bertz CT molecular complexity index is 1090. The molecule has 2 fully saturated rings. The maximum absolute atomic E-state index is 11.6. The number of nitrogens with zero attached hydrogens (tertiary/aromatic N) is 3. The van der Waals surface area contributed by atoms with Crippen molar-refractivity contribution in [3.63, 3.8) is 0 Å². The molecule has 2 aromatic heterocycles. The smallest absolute Gasteiger partial charge is 0.245 e. The number of rotatable bonds is 10. The minimum Gasteiger partial charge on any atom is -0.381 e. The van der Waals surface area contributed by atoms with Crippen LogP contribution in [0.1, 0.15) is 38.5 Å². The van der Waals surface area contributed by atoms with Crippen LogP contribution in [0.25, 0.3) is 11.3 Å². The Balaban J connectivity index is 1.35. The van der Waals surface area contributed by atoms with E-state index < -0.39 is 5.41 Å². The van der Waals surface area contributed by atoms with Gasteiger partial charge in [0, 0.05) is 51.2 Å². The molecular weight excluding hydrogens is 492 g/mol. The number of halogens is 1. The molecule has 0 bridgehead atoms. The van der Waals surface area contributed by atoms with Crippen molar-refractivity contribution >= 4 is 29.1 Å². The van der Waals surface area contributed by atoms with Crippen molar-refractivity contribution in [3.05, 3.63) is 35.5 Å². The van der Waals surface area contributed by atoms with E-state index in [1.165, 1.54) is 7.11 Å². The zero-order valence-electron chi connectivity index (χ0n) is 21.3. The predicted molar refractivity (Wildman–Crippen MR) is 143 cm³/mol. The SMILES string of the molecule is COCC(=O)NC[C@H]1CC[C@H](Nc2cc(-c3cccc(NCC4(C#N)CCOCC4)n3)c(Cl)cn2)CC1. The first-order valence-corrected chi connectivity index (χ1v) is 13.3. The highest BCUT2D eigenvalue weighted by atomic mass is 35.5. The lowest BCUT2D eigenvalue weighted by molar-refractivity contribution is -0.124. The second kappa shape index (κ2) is 13.0. The van der Waals surface area contributed by atoms with Gasteiger partial charge in [-0.2, -0.15) is 5.26 Å². The third-order valence-electron chi connectivity index (χ3n) is 7.24. The number of hydrogen-bond donors (Lipinski definition) is 3. The number of aromatic nitrogens is 2. The van der Waals surface area contributed by atoms with Crippen LogP contribution >= 0.6 is 11.6 Å². The van der Waals surface area contributed by atoms with Crippen LogP contribution in [0.3, 0.4) is 0 Å². The Morgan fingerprint density at radius 3 is 2.76 bits per heavy atom. The number of pyridine rings is 2. The molecule has 1 saturated carbocycles. The first-order chi connectivity index (χ1) is 18.0. The van der Waals surface area contributed by atoms with Crippen LogP contribution in [0.5, 0.6) is 0 Å². The fourth-order valence-corrected chi connectivity index (χ4v) is 5.11. The molecule has 2 aromatic rings. The average molecular weight is 527 g/mol. The van der Waals surface area contributed by atoms with Crippen molar-refractivity contribution in [1.29, 1.82) is 5.26 Å². The van der Waals surface area contributed by atoms with Crippen LogP contribution in [0.4, 0.5) is 11.6 Å². The van der Waals surface area contributed by atoms with Crippen molar-refractivity contribution in [2.45, 2.75) is 44.6 Å². The molecule has 4 rings (SSSR count). The average Bonchev–Trinajstić information content (AvgIpc) is 2.93.